The third-order valence-corrected chi connectivity index (χ3v) is 5.03. The maximum Gasteiger partial charge on any atom is 0.197 e. The Kier molecular flexibility index (Phi) is 3.44. The molecule has 1 saturated carbocycles. The van der Waals surface area contributed by atoms with Crippen LogP contribution in [0, 0.1) is 0 Å². The van der Waals surface area contributed by atoms with Crippen molar-refractivity contribution in [3.05, 3.63) is 46.7 Å². The summed E-state index contributed by atoms with van der Waals surface area (Å²) >= 11 is 7.94. The van der Waals surface area contributed by atoms with Crippen LogP contribution in [-0.2, 0) is 0 Å². The van der Waals surface area contributed by atoms with Crippen LogP contribution in [0.3, 0.4) is 0 Å². The summed E-state index contributed by atoms with van der Waals surface area (Å²) in [6.45, 7) is 0. The van der Waals surface area contributed by atoms with Crippen molar-refractivity contribution in [1.82, 2.24) is 19.7 Å². The Balaban J connectivity index is 1.89. The van der Waals surface area contributed by atoms with Gasteiger partial charge in [-0.3, -0.25) is 4.57 Å². The molecule has 7 heteroatoms. The fraction of sp³-hybridized carbons (Fsp3) is 0.267. The quantitative estimate of drug-likeness (QED) is 0.799. The molecule has 0 radical (unpaired) electrons. The first kappa shape index (κ1) is 13.9. The van der Waals surface area contributed by atoms with E-state index >= 15 is 0 Å². The summed E-state index contributed by atoms with van der Waals surface area (Å²) in [5.74, 6) is 1.98. The second-order valence-electron chi connectivity index (χ2n) is 5.43. The number of aromatic nitrogens is 4. The van der Waals surface area contributed by atoms with Crippen LogP contribution in [0.4, 0.5) is 0 Å². The molecule has 0 aliphatic heterocycles. The van der Waals surface area contributed by atoms with Gasteiger partial charge in [-0.25, -0.2) is 4.98 Å². The van der Waals surface area contributed by atoms with Gasteiger partial charge in [-0.2, -0.15) is 0 Å². The second kappa shape index (κ2) is 5.46. The summed E-state index contributed by atoms with van der Waals surface area (Å²) in [4.78, 5) is 4.36. The van der Waals surface area contributed by atoms with Crippen LogP contribution in [0.15, 0.2) is 35.8 Å². The standard InChI is InChI=1S/C15H14ClN5S/c16-11-3-1-2-4-12(11)21-13(9-7-10(17)8-9)19-20-14(21)15-18-5-6-22-15/h1-6,9-10H,7-8,17H2. The fourth-order valence-corrected chi connectivity index (χ4v) is 3.61. The van der Waals surface area contributed by atoms with E-state index in [9.17, 15) is 0 Å². The number of hydrogen-bond donors (Lipinski definition) is 1. The molecule has 0 bridgehead atoms. The third-order valence-electron chi connectivity index (χ3n) is 3.94. The van der Waals surface area contributed by atoms with E-state index in [1.54, 1.807) is 6.20 Å². The van der Waals surface area contributed by atoms with Gasteiger partial charge in [-0.1, -0.05) is 23.7 Å². The van der Waals surface area contributed by atoms with Gasteiger partial charge in [0.2, 0.25) is 0 Å². The lowest BCUT2D eigenvalue weighted by Crippen LogP contribution is -2.36. The molecule has 112 valence electrons. The average molecular weight is 332 g/mol. The normalized spacial score (nSPS) is 20.8. The van der Waals surface area contributed by atoms with Crippen molar-refractivity contribution in [2.45, 2.75) is 24.8 Å². The first-order valence-corrected chi connectivity index (χ1v) is 8.35. The first-order chi connectivity index (χ1) is 10.7. The van der Waals surface area contributed by atoms with Crippen molar-refractivity contribution in [3.63, 3.8) is 0 Å². The summed E-state index contributed by atoms with van der Waals surface area (Å²) in [5, 5.41) is 12.2. The molecule has 1 fully saturated rings. The van der Waals surface area contributed by atoms with Crippen molar-refractivity contribution < 1.29 is 0 Å². The molecule has 0 atom stereocenters. The number of para-hydroxylation sites is 1. The molecule has 1 aliphatic carbocycles. The number of benzene rings is 1. The van der Waals surface area contributed by atoms with Gasteiger partial charge in [-0.15, -0.1) is 21.5 Å². The summed E-state index contributed by atoms with van der Waals surface area (Å²) in [6.07, 6.45) is 3.63. The monoisotopic (exact) mass is 331 g/mol. The summed E-state index contributed by atoms with van der Waals surface area (Å²) in [6, 6.07) is 7.98. The van der Waals surface area contributed by atoms with E-state index in [-0.39, 0.29) is 6.04 Å². The van der Waals surface area contributed by atoms with Crippen molar-refractivity contribution in [2.75, 3.05) is 0 Å². The molecule has 3 aromatic rings. The number of nitrogens with zero attached hydrogens (tertiary/aromatic N) is 4. The van der Waals surface area contributed by atoms with Gasteiger partial charge in [0.25, 0.3) is 0 Å². The van der Waals surface area contributed by atoms with Crippen LogP contribution in [-0.4, -0.2) is 25.8 Å². The molecule has 22 heavy (non-hydrogen) atoms. The number of rotatable bonds is 3. The Bertz CT molecular complexity index is 792. The highest BCUT2D eigenvalue weighted by atomic mass is 35.5. The van der Waals surface area contributed by atoms with Crippen LogP contribution in [0.25, 0.3) is 16.5 Å². The van der Waals surface area contributed by atoms with Crippen molar-refractivity contribution >= 4 is 22.9 Å². The van der Waals surface area contributed by atoms with Crippen LogP contribution in [0.5, 0.6) is 0 Å². The predicted molar refractivity (Wildman–Crippen MR) is 87.4 cm³/mol. The number of thiazole rings is 1. The lowest BCUT2D eigenvalue weighted by Gasteiger charge is -2.31. The molecule has 4 rings (SSSR count). The molecule has 2 heterocycles. The minimum atomic E-state index is 0.254. The largest absolute Gasteiger partial charge is 0.328 e. The molecule has 0 amide bonds. The van der Waals surface area contributed by atoms with E-state index in [0.717, 1.165) is 35.2 Å². The smallest absolute Gasteiger partial charge is 0.197 e. The SMILES string of the molecule is NC1CC(c2nnc(-c3nccs3)n2-c2ccccc2Cl)C1. The van der Waals surface area contributed by atoms with Gasteiger partial charge in [0.1, 0.15) is 5.82 Å². The van der Waals surface area contributed by atoms with Crippen LogP contribution in [0.1, 0.15) is 24.6 Å². The van der Waals surface area contributed by atoms with Gasteiger partial charge in [0.15, 0.2) is 10.8 Å². The minimum absolute atomic E-state index is 0.254. The zero-order valence-electron chi connectivity index (χ0n) is 11.7. The van der Waals surface area contributed by atoms with Gasteiger partial charge in [0, 0.05) is 23.5 Å². The average Bonchev–Trinajstić information content (AvgIpc) is 3.13. The van der Waals surface area contributed by atoms with E-state index in [2.05, 4.69) is 15.2 Å². The lowest BCUT2D eigenvalue weighted by molar-refractivity contribution is 0.335. The maximum atomic E-state index is 6.40. The summed E-state index contributed by atoms with van der Waals surface area (Å²) < 4.78 is 2.03. The highest BCUT2D eigenvalue weighted by Gasteiger charge is 2.33. The molecule has 2 N–H and O–H groups in total. The Morgan fingerprint density at radius 2 is 2.05 bits per heavy atom. The van der Waals surface area contributed by atoms with Gasteiger partial charge in [-0.05, 0) is 25.0 Å². The number of halogens is 1. The van der Waals surface area contributed by atoms with Gasteiger partial charge >= 0.3 is 0 Å². The van der Waals surface area contributed by atoms with Crippen LogP contribution < -0.4 is 5.73 Å². The van der Waals surface area contributed by atoms with Crippen LogP contribution in [0.2, 0.25) is 5.02 Å². The van der Waals surface area contributed by atoms with Gasteiger partial charge in [0.05, 0.1) is 10.7 Å². The van der Waals surface area contributed by atoms with Crippen molar-refractivity contribution in [3.8, 4) is 16.5 Å². The van der Waals surface area contributed by atoms with Crippen LogP contribution >= 0.6 is 22.9 Å². The Morgan fingerprint density at radius 1 is 1.23 bits per heavy atom. The van der Waals surface area contributed by atoms with E-state index < -0.39 is 0 Å². The molecular formula is C15H14ClN5S. The van der Waals surface area contributed by atoms with E-state index in [4.69, 9.17) is 17.3 Å². The molecule has 1 aliphatic rings. The molecule has 1 aromatic carbocycles. The molecule has 0 saturated heterocycles. The zero-order chi connectivity index (χ0) is 15.1. The lowest BCUT2D eigenvalue weighted by atomic mass is 9.80. The molecule has 5 nitrogen and oxygen atoms in total. The Morgan fingerprint density at radius 3 is 2.73 bits per heavy atom. The zero-order valence-corrected chi connectivity index (χ0v) is 13.3. The Labute approximate surface area is 136 Å². The predicted octanol–water partition coefficient (Wildman–Crippen LogP) is 3.25. The van der Waals surface area contributed by atoms with E-state index in [1.165, 1.54) is 11.3 Å². The van der Waals surface area contributed by atoms with E-state index in [0.29, 0.717) is 10.9 Å². The first-order valence-electron chi connectivity index (χ1n) is 7.09. The summed E-state index contributed by atoms with van der Waals surface area (Å²) in [5.41, 5.74) is 6.82. The van der Waals surface area contributed by atoms with E-state index in [1.807, 2.05) is 34.2 Å². The highest BCUT2D eigenvalue weighted by molar-refractivity contribution is 7.13. The molecule has 0 unspecified atom stereocenters. The van der Waals surface area contributed by atoms with Gasteiger partial charge < -0.3 is 5.73 Å². The molecule has 0 spiro atoms. The Hall–Kier alpha value is -1.76. The third kappa shape index (κ3) is 2.24. The van der Waals surface area contributed by atoms with Crippen molar-refractivity contribution in [1.29, 1.82) is 0 Å². The topological polar surface area (TPSA) is 69.6 Å². The highest BCUT2D eigenvalue weighted by Crippen LogP contribution is 2.38. The van der Waals surface area contributed by atoms with Crippen molar-refractivity contribution in [2.24, 2.45) is 5.73 Å². The second-order valence-corrected chi connectivity index (χ2v) is 6.74. The molecule has 2 aromatic heterocycles. The molecular weight excluding hydrogens is 318 g/mol. The number of hydrogen-bond acceptors (Lipinski definition) is 5. The summed E-state index contributed by atoms with van der Waals surface area (Å²) in [7, 11) is 0. The fourth-order valence-electron chi connectivity index (χ4n) is 2.78. The maximum absolute atomic E-state index is 6.40. The number of nitrogens with two attached hydrogens (primary N) is 1. The minimum Gasteiger partial charge on any atom is -0.328 e.